The lowest BCUT2D eigenvalue weighted by Crippen LogP contribution is -2.22. The van der Waals surface area contributed by atoms with E-state index >= 15 is 0 Å². The summed E-state index contributed by atoms with van der Waals surface area (Å²) in [6.07, 6.45) is -9.38. The minimum absolute atomic E-state index is 1.86. The molecule has 0 unspecified atom stereocenters. The molecule has 0 aromatic carbocycles. The van der Waals surface area contributed by atoms with Gasteiger partial charge in [-0.25, -0.2) is 9.78 Å². The molecule has 0 aromatic rings. The monoisotopic (exact) mass is 198 g/mol. The number of halogens is 6. The van der Waals surface area contributed by atoms with E-state index in [-0.39, 0.29) is 0 Å². The minimum atomic E-state index is -4.69. The zero-order valence-corrected chi connectivity index (χ0v) is 5.50. The smallest absolute Gasteiger partial charge is 0.227 e. The normalized spacial score (nSPS) is 13.5. The van der Waals surface area contributed by atoms with Crippen molar-refractivity contribution in [2.75, 3.05) is 13.2 Å². The first-order valence-electron chi connectivity index (χ1n) is 2.59. The third-order valence-corrected chi connectivity index (χ3v) is 0.529. The van der Waals surface area contributed by atoms with Crippen molar-refractivity contribution in [3.8, 4) is 0 Å². The van der Waals surface area contributed by atoms with Crippen LogP contribution in [0.4, 0.5) is 26.3 Å². The molecule has 0 N–H and O–H groups in total. The van der Waals surface area contributed by atoms with Crippen molar-refractivity contribution in [2.45, 2.75) is 12.4 Å². The van der Waals surface area contributed by atoms with Gasteiger partial charge in [0.2, 0.25) is 0 Å². The van der Waals surface area contributed by atoms with E-state index in [4.69, 9.17) is 0 Å². The highest BCUT2D eigenvalue weighted by molar-refractivity contribution is 4.44. The summed E-state index contributed by atoms with van der Waals surface area (Å²) in [7, 11) is 0. The molecule has 12 heavy (non-hydrogen) atoms. The van der Waals surface area contributed by atoms with Crippen LogP contribution < -0.4 is 0 Å². The fraction of sp³-hybridized carbons (Fsp3) is 1.00. The zero-order valence-electron chi connectivity index (χ0n) is 5.50. The fourth-order valence-corrected chi connectivity index (χ4v) is 0.217. The van der Waals surface area contributed by atoms with Crippen molar-refractivity contribution >= 4 is 0 Å². The fourth-order valence-electron chi connectivity index (χ4n) is 0.217. The lowest BCUT2D eigenvalue weighted by atomic mass is 10.7. The summed E-state index contributed by atoms with van der Waals surface area (Å²) in [6.45, 7) is -3.72. The Balaban J connectivity index is 3.35. The molecule has 74 valence electrons. The molecule has 0 atom stereocenters. The summed E-state index contributed by atoms with van der Waals surface area (Å²) >= 11 is 0. The van der Waals surface area contributed by atoms with Gasteiger partial charge in [0.1, 0.15) is 0 Å². The second kappa shape index (κ2) is 3.94. The highest BCUT2D eigenvalue weighted by Crippen LogP contribution is 2.17. The Kier molecular flexibility index (Phi) is 3.78. The van der Waals surface area contributed by atoms with Crippen LogP contribution in [0.25, 0.3) is 0 Å². The number of hydrogen-bond acceptors (Lipinski definition) is 2. The average molecular weight is 198 g/mol. The maximum Gasteiger partial charge on any atom is 0.414 e. The average Bonchev–Trinajstić information content (AvgIpc) is 1.76. The Labute approximate surface area is 63.0 Å². The summed E-state index contributed by atoms with van der Waals surface area (Å²) in [5.41, 5.74) is 0. The van der Waals surface area contributed by atoms with Gasteiger partial charge in [-0.15, -0.1) is 0 Å². The van der Waals surface area contributed by atoms with E-state index in [1.807, 2.05) is 0 Å². The predicted molar refractivity (Wildman–Crippen MR) is 24.0 cm³/mol. The molecular formula is C4H4F6O2. The maximum absolute atomic E-state index is 11.2. The van der Waals surface area contributed by atoms with E-state index < -0.39 is 25.6 Å². The summed E-state index contributed by atoms with van der Waals surface area (Å²) in [5.74, 6) is 0. The molecule has 0 bridgehead atoms. The largest absolute Gasteiger partial charge is 0.414 e. The topological polar surface area (TPSA) is 18.5 Å². The van der Waals surface area contributed by atoms with Gasteiger partial charge in [-0.05, 0) is 0 Å². The van der Waals surface area contributed by atoms with E-state index in [0.717, 1.165) is 0 Å². The van der Waals surface area contributed by atoms with Gasteiger partial charge in [-0.2, -0.15) is 26.3 Å². The summed E-state index contributed by atoms with van der Waals surface area (Å²) in [6, 6.07) is 0. The van der Waals surface area contributed by atoms with Crippen LogP contribution in [0, 0.1) is 0 Å². The van der Waals surface area contributed by atoms with Crippen molar-refractivity contribution in [3.05, 3.63) is 0 Å². The highest BCUT2D eigenvalue weighted by atomic mass is 19.4. The van der Waals surface area contributed by atoms with Crippen molar-refractivity contribution < 1.29 is 36.1 Å². The lowest BCUT2D eigenvalue weighted by Gasteiger charge is -2.08. The van der Waals surface area contributed by atoms with Crippen LogP contribution in [0.1, 0.15) is 0 Å². The van der Waals surface area contributed by atoms with Crippen LogP contribution in [0.2, 0.25) is 0 Å². The molecule has 0 saturated heterocycles. The van der Waals surface area contributed by atoms with E-state index in [1.165, 1.54) is 0 Å². The van der Waals surface area contributed by atoms with Crippen LogP contribution in [0.5, 0.6) is 0 Å². The first-order valence-corrected chi connectivity index (χ1v) is 2.59. The Morgan fingerprint density at radius 3 is 1.08 bits per heavy atom. The molecule has 0 amide bonds. The van der Waals surface area contributed by atoms with Gasteiger partial charge in [0, 0.05) is 0 Å². The molecule has 0 aromatic heterocycles. The Hall–Kier alpha value is -0.500. The van der Waals surface area contributed by atoms with Gasteiger partial charge in [0.25, 0.3) is 0 Å². The van der Waals surface area contributed by atoms with Crippen LogP contribution in [0.15, 0.2) is 0 Å². The van der Waals surface area contributed by atoms with Crippen molar-refractivity contribution in [1.82, 2.24) is 0 Å². The first kappa shape index (κ1) is 11.5. The third kappa shape index (κ3) is 9.50. The van der Waals surface area contributed by atoms with Crippen molar-refractivity contribution in [1.29, 1.82) is 0 Å². The number of alkyl halides is 6. The van der Waals surface area contributed by atoms with Gasteiger partial charge in [0.15, 0.2) is 13.2 Å². The molecule has 0 fully saturated rings. The van der Waals surface area contributed by atoms with E-state index in [0.29, 0.717) is 0 Å². The van der Waals surface area contributed by atoms with Gasteiger partial charge >= 0.3 is 12.4 Å². The summed E-state index contributed by atoms with van der Waals surface area (Å²) in [5, 5.41) is 0. The molecule has 0 spiro atoms. The number of rotatable bonds is 3. The molecule has 0 aliphatic rings. The quantitative estimate of drug-likeness (QED) is 0.299. The Morgan fingerprint density at radius 2 is 0.917 bits per heavy atom. The highest BCUT2D eigenvalue weighted by Gasteiger charge is 2.31. The Bertz CT molecular complexity index is 110. The van der Waals surface area contributed by atoms with Crippen LogP contribution in [-0.4, -0.2) is 25.6 Å². The standard InChI is InChI=1S/C4H4F6O2/c5-3(6,7)1-11-12-2-4(8,9)10/h1-2H2. The van der Waals surface area contributed by atoms with E-state index in [9.17, 15) is 26.3 Å². The second-order valence-electron chi connectivity index (χ2n) is 1.75. The summed E-state index contributed by atoms with van der Waals surface area (Å²) < 4.78 is 67.1. The van der Waals surface area contributed by atoms with Crippen LogP contribution in [0.3, 0.4) is 0 Å². The minimum Gasteiger partial charge on any atom is -0.227 e. The molecule has 0 saturated carbocycles. The molecule has 0 rings (SSSR count). The summed E-state index contributed by atoms with van der Waals surface area (Å²) in [4.78, 5) is 6.46. The van der Waals surface area contributed by atoms with E-state index in [1.54, 1.807) is 0 Å². The second-order valence-corrected chi connectivity index (χ2v) is 1.75. The van der Waals surface area contributed by atoms with Gasteiger partial charge < -0.3 is 0 Å². The predicted octanol–water partition coefficient (Wildman–Crippen LogP) is 2.06. The molecular weight excluding hydrogens is 194 g/mol. The molecule has 0 aliphatic carbocycles. The number of hydrogen-bond donors (Lipinski definition) is 0. The van der Waals surface area contributed by atoms with Crippen molar-refractivity contribution in [3.63, 3.8) is 0 Å². The molecule has 8 heteroatoms. The Morgan fingerprint density at radius 1 is 0.667 bits per heavy atom. The van der Waals surface area contributed by atoms with Gasteiger partial charge in [-0.1, -0.05) is 0 Å². The van der Waals surface area contributed by atoms with Crippen molar-refractivity contribution in [2.24, 2.45) is 0 Å². The molecule has 2 nitrogen and oxygen atoms in total. The molecule has 0 heterocycles. The van der Waals surface area contributed by atoms with E-state index in [2.05, 4.69) is 9.78 Å². The van der Waals surface area contributed by atoms with Gasteiger partial charge in [0.05, 0.1) is 0 Å². The first-order chi connectivity index (χ1) is 5.21. The SMILES string of the molecule is FC(F)(F)COOCC(F)(F)F. The lowest BCUT2D eigenvalue weighted by molar-refractivity contribution is -0.370. The third-order valence-electron chi connectivity index (χ3n) is 0.529. The van der Waals surface area contributed by atoms with Crippen LogP contribution in [-0.2, 0) is 9.78 Å². The van der Waals surface area contributed by atoms with Crippen LogP contribution >= 0.6 is 0 Å². The molecule has 0 aliphatic heterocycles. The maximum atomic E-state index is 11.2. The zero-order chi connectivity index (χ0) is 9.83. The molecule has 0 radical (unpaired) electrons. The van der Waals surface area contributed by atoms with Gasteiger partial charge in [-0.3, -0.25) is 0 Å².